The van der Waals surface area contributed by atoms with Gasteiger partial charge in [-0.2, -0.15) is 0 Å². The Morgan fingerprint density at radius 2 is 1.67 bits per heavy atom. The van der Waals surface area contributed by atoms with E-state index in [4.69, 9.17) is 9.16 Å². The summed E-state index contributed by atoms with van der Waals surface area (Å²) in [5.74, 6) is -0.574. The molecule has 1 saturated heterocycles. The molecule has 5 nitrogen and oxygen atoms in total. The van der Waals surface area contributed by atoms with Crippen LogP contribution in [0.1, 0.15) is 48.5 Å². The van der Waals surface area contributed by atoms with E-state index in [0.29, 0.717) is 0 Å². The van der Waals surface area contributed by atoms with Gasteiger partial charge in [0.05, 0.1) is 0 Å². The number of benzene rings is 1. The standard InChI is InChI=1S/C28H47NO4SeSi2/c1-13-35(9,10)19-22-23(20(2)33-36(11,12)28(6,7)8)24(30)29(22)25(26(31)32-27(3,4)5)34-21-17-15-14-16-18-21/h13-18,20,22-23,25H,1,19H2,2-12H3/t20-,22-,23-,25?/m1/s1. The van der Waals surface area contributed by atoms with Crippen molar-refractivity contribution in [3.05, 3.63) is 42.6 Å². The van der Waals surface area contributed by atoms with Gasteiger partial charge in [0.2, 0.25) is 0 Å². The predicted octanol–water partition coefficient (Wildman–Crippen LogP) is 5.35. The summed E-state index contributed by atoms with van der Waals surface area (Å²) in [7, 11) is -3.87. The van der Waals surface area contributed by atoms with Crippen molar-refractivity contribution in [1.82, 2.24) is 4.90 Å². The second-order valence-corrected chi connectivity index (χ2v) is 25.1. The van der Waals surface area contributed by atoms with Crippen LogP contribution in [0.4, 0.5) is 0 Å². The van der Waals surface area contributed by atoms with E-state index in [1.165, 1.54) is 0 Å². The summed E-state index contributed by atoms with van der Waals surface area (Å²) in [6.45, 7) is 27.4. The van der Waals surface area contributed by atoms with Crippen molar-refractivity contribution in [3.8, 4) is 0 Å². The Bertz CT molecular complexity index is 937. The van der Waals surface area contributed by atoms with Crippen LogP contribution in [-0.2, 0) is 18.8 Å². The molecule has 1 aromatic carbocycles. The van der Waals surface area contributed by atoms with E-state index in [2.05, 4.69) is 59.2 Å². The van der Waals surface area contributed by atoms with Gasteiger partial charge in [-0.25, -0.2) is 0 Å². The summed E-state index contributed by atoms with van der Waals surface area (Å²) in [5, 5.41) is 0.0495. The summed E-state index contributed by atoms with van der Waals surface area (Å²) >= 11 is -0.286. The fourth-order valence-corrected chi connectivity index (χ4v) is 9.57. The number of rotatable bonds is 10. The summed E-state index contributed by atoms with van der Waals surface area (Å²) in [6, 6.07) is 10.8. The van der Waals surface area contributed by atoms with Crippen LogP contribution >= 0.6 is 0 Å². The van der Waals surface area contributed by atoms with Crippen LogP contribution in [0, 0.1) is 5.92 Å². The van der Waals surface area contributed by atoms with Gasteiger partial charge in [0, 0.05) is 0 Å². The average molecular weight is 597 g/mol. The Balaban J connectivity index is 2.45. The predicted molar refractivity (Wildman–Crippen MR) is 156 cm³/mol. The SMILES string of the molecule is C=C[Si](C)(C)C[C@@H]1[C@@H]([C@@H](C)O[Si](C)(C)C(C)(C)C)C(=O)N1C([Se]c1ccccc1)C(=O)OC(C)(C)C. The van der Waals surface area contributed by atoms with Gasteiger partial charge < -0.3 is 0 Å². The van der Waals surface area contributed by atoms with Crippen LogP contribution < -0.4 is 4.46 Å². The first kappa shape index (κ1) is 31.0. The van der Waals surface area contributed by atoms with Gasteiger partial charge in [-0.05, 0) is 0 Å². The molecular weight excluding hydrogens is 549 g/mol. The Morgan fingerprint density at radius 3 is 2.14 bits per heavy atom. The van der Waals surface area contributed by atoms with Crippen molar-refractivity contribution in [2.75, 3.05) is 0 Å². The molecule has 1 aliphatic rings. The van der Waals surface area contributed by atoms with Gasteiger partial charge in [-0.1, -0.05) is 0 Å². The van der Waals surface area contributed by atoms with Crippen LogP contribution in [0.2, 0.25) is 37.3 Å². The van der Waals surface area contributed by atoms with Gasteiger partial charge in [-0.3, -0.25) is 0 Å². The molecule has 0 radical (unpaired) electrons. The first-order valence-electron chi connectivity index (χ1n) is 12.9. The zero-order valence-corrected chi connectivity index (χ0v) is 27.9. The monoisotopic (exact) mass is 597 g/mol. The van der Waals surface area contributed by atoms with E-state index in [1.807, 2.05) is 62.9 Å². The number of esters is 1. The molecule has 1 amide bonds. The quantitative estimate of drug-likeness (QED) is 0.208. The molecule has 0 bridgehead atoms. The second kappa shape index (κ2) is 11.3. The molecule has 0 N–H and O–H groups in total. The fourth-order valence-electron chi connectivity index (χ4n) is 4.16. The van der Waals surface area contributed by atoms with Crippen molar-refractivity contribution < 1.29 is 18.8 Å². The first-order valence-corrected chi connectivity index (χ1v) is 20.9. The average Bonchev–Trinajstić information content (AvgIpc) is 2.71. The van der Waals surface area contributed by atoms with Gasteiger partial charge in [0.25, 0.3) is 0 Å². The number of nitrogens with zero attached hydrogens (tertiary/aromatic N) is 1. The number of likely N-dealkylation sites (tertiary alicyclic amines) is 1. The minimum absolute atomic E-state index is 0.00809. The van der Waals surface area contributed by atoms with E-state index >= 15 is 0 Å². The fraction of sp³-hybridized carbons (Fsp3) is 0.643. The van der Waals surface area contributed by atoms with E-state index in [-0.39, 0.29) is 49.9 Å². The topological polar surface area (TPSA) is 55.8 Å². The van der Waals surface area contributed by atoms with Gasteiger partial charge >= 0.3 is 228 Å². The number of hydrogen-bond donors (Lipinski definition) is 0. The molecule has 0 spiro atoms. The Kier molecular flexibility index (Phi) is 9.72. The molecule has 2 rings (SSSR count). The number of amides is 1. The number of carbonyl (C=O) groups is 2. The van der Waals surface area contributed by atoms with Crippen LogP contribution in [0.5, 0.6) is 0 Å². The van der Waals surface area contributed by atoms with Crippen LogP contribution in [0.25, 0.3) is 0 Å². The molecule has 36 heavy (non-hydrogen) atoms. The summed E-state index contributed by atoms with van der Waals surface area (Å²) in [5.41, 5.74) is 1.45. The van der Waals surface area contributed by atoms with E-state index in [0.717, 1.165) is 10.5 Å². The normalized spacial score (nSPS) is 21.0. The van der Waals surface area contributed by atoms with E-state index < -0.39 is 26.9 Å². The third kappa shape index (κ3) is 7.67. The molecule has 202 valence electrons. The van der Waals surface area contributed by atoms with Gasteiger partial charge in [0.15, 0.2) is 0 Å². The molecule has 4 atom stereocenters. The third-order valence-corrected chi connectivity index (χ3v) is 16.9. The first-order chi connectivity index (χ1) is 16.3. The molecule has 1 unspecified atom stereocenters. The Morgan fingerprint density at radius 1 is 1.11 bits per heavy atom. The van der Waals surface area contributed by atoms with Gasteiger partial charge in [-0.15, -0.1) is 0 Å². The number of β-lactam (4-membered cyclic amide) rings is 1. The molecule has 1 heterocycles. The summed E-state index contributed by atoms with van der Waals surface area (Å²) in [6.07, 6.45) is -0.210. The van der Waals surface area contributed by atoms with Crippen LogP contribution in [0.15, 0.2) is 42.6 Å². The van der Waals surface area contributed by atoms with E-state index in [1.54, 1.807) is 0 Å². The zero-order valence-electron chi connectivity index (χ0n) is 24.2. The molecule has 8 heteroatoms. The summed E-state index contributed by atoms with van der Waals surface area (Å²) in [4.78, 5) is 28.6. The van der Waals surface area contributed by atoms with Crippen LogP contribution in [-0.4, -0.2) is 70.8 Å². The number of carbonyl (C=O) groups excluding carboxylic acids is 2. The molecule has 1 aromatic rings. The Hall–Kier alpha value is -1.19. The maximum atomic E-state index is 13.9. The number of ether oxygens (including phenoxy) is 1. The zero-order chi connectivity index (χ0) is 27.7. The van der Waals surface area contributed by atoms with Crippen LogP contribution in [0.3, 0.4) is 0 Å². The summed E-state index contributed by atoms with van der Waals surface area (Å²) < 4.78 is 13.6. The van der Waals surface area contributed by atoms with Crippen molar-refractivity contribution in [3.63, 3.8) is 0 Å². The molecule has 1 fully saturated rings. The molecule has 0 saturated carbocycles. The molecule has 0 aromatic heterocycles. The third-order valence-electron chi connectivity index (χ3n) is 7.24. The molecular formula is C28H47NO4SeSi2. The van der Waals surface area contributed by atoms with Crippen molar-refractivity contribution in [2.24, 2.45) is 5.92 Å². The van der Waals surface area contributed by atoms with E-state index in [9.17, 15) is 9.59 Å². The maximum absolute atomic E-state index is 13.9. The van der Waals surface area contributed by atoms with Crippen molar-refractivity contribution in [2.45, 2.75) is 108 Å². The van der Waals surface area contributed by atoms with Crippen molar-refractivity contribution >= 4 is 47.7 Å². The van der Waals surface area contributed by atoms with Gasteiger partial charge in [0.1, 0.15) is 0 Å². The van der Waals surface area contributed by atoms with Crippen molar-refractivity contribution in [1.29, 1.82) is 0 Å². The minimum atomic E-state index is -2.07. The second-order valence-electron chi connectivity index (χ2n) is 13.1. The Labute approximate surface area is 227 Å². The molecule has 0 aliphatic carbocycles. The number of hydrogen-bond acceptors (Lipinski definition) is 4. The molecule has 1 aliphatic heterocycles.